The largest absolute Gasteiger partial charge is 0.162 e. The van der Waals surface area contributed by atoms with E-state index >= 15 is 0 Å². The molecule has 2 heteroatoms. The van der Waals surface area contributed by atoms with Gasteiger partial charge >= 0.3 is 0 Å². The zero-order valence-corrected chi connectivity index (χ0v) is 13.8. The summed E-state index contributed by atoms with van der Waals surface area (Å²) in [6.07, 6.45) is 17.6. The summed E-state index contributed by atoms with van der Waals surface area (Å²) in [6.45, 7) is 0. The second-order valence-electron chi connectivity index (χ2n) is 5.47. The number of hydrogen-bond donors (Lipinski definition) is 0. The molecule has 0 bridgehead atoms. The van der Waals surface area contributed by atoms with Crippen molar-refractivity contribution < 1.29 is 0 Å². The summed E-state index contributed by atoms with van der Waals surface area (Å²) in [5.41, 5.74) is 0. The summed E-state index contributed by atoms with van der Waals surface area (Å²) in [5.74, 6) is 5.65. The van der Waals surface area contributed by atoms with E-state index in [9.17, 15) is 0 Å². The van der Waals surface area contributed by atoms with Gasteiger partial charge < -0.3 is 0 Å². The lowest BCUT2D eigenvalue weighted by molar-refractivity contribution is 0.623. The first-order chi connectivity index (χ1) is 9.00. The van der Waals surface area contributed by atoms with Crippen LogP contribution in [0.1, 0.15) is 77.0 Å². The lowest BCUT2D eigenvalue weighted by atomic mass is 10.1. The van der Waals surface area contributed by atoms with Gasteiger partial charge in [-0.15, -0.1) is 0 Å². The first-order valence-electron chi connectivity index (χ1n) is 8.15. The molecule has 0 N–H and O–H groups in total. The summed E-state index contributed by atoms with van der Waals surface area (Å²) in [4.78, 5) is 0. The third-order valence-corrected chi connectivity index (χ3v) is 5.96. The highest BCUT2D eigenvalue weighted by Gasteiger charge is 1.96. The Bertz CT molecular complexity index is 84.1. The minimum atomic E-state index is 1.41. The van der Waals surface area contributed by atoms with Crippen molar-refractivity contribution in [2.75, 3.05) is 23.0 Å². The maximum Gasteiger partial charge on any atom is -0.00675 e. The Balaban J connectivity index is 2.00. The highest BCUT2D eigenvalue weighted by atomic mass is 32.2. The van der Waals surface area contributed by atoms with Gasteiger partial charge in [0.05, 0.1) is 0 Å². The molecule has 18 heavy (non-hydrogen) atoms. The van der Waals surface area contributed by atoms with E-state index in [2.05, 4.69) is 23.5 Å². The quantitative estimate of drug-likeness (QED) is 0.524. The highest BCUT2D eigenvalue weighted by molar-refractivity contribution is 7.99. The van der Waals surface area contributed by atoms with E-state index in [1.807, 2.05) is 0 Å². The average Bonchev–Trinajstić information content (AvgIpc) is 2.39. The van der Waals surface area contributed by atoms with E-state index in [-0.39, 0.29) is 0 Å². The summed E-state index contributed by atoms with van der Waals surface area (Å²) in [5, 5.41) is 0. The van der Waals surface area contributed by atoms with E-state index in [0.717, 1.165) is 0 Å². The van der Waals surface area contributed by atoms with Gasteiger partial charge in [-0.1, -0.05) is 51.4 Å². The van der Waals surface area contributed by atoms with Crippen LogP contribution in [0.25, 0.3) is 0 Å². The van der Waals surface area contributed by atoms with E-state index in [1.54, 1.807) is 0 Å². The molecule has 0 radical (unpaired) electrons. The molecule has 0 aromatic heterocycles. The Kier molecular flexibility index (Phi) is 13.1. The molecule has 0 unspecified atom stereocenters. The van der Waals surface area contributed by atoms with Crippen molar-refractivity contribution in [3.63, 3.8) is 0 Å². The van der Waals surface area contributed by atoms with Gasteiger partial charge in [0, 0.05) is 0 Å². The van der Waals surface area contributed by atoms with Gasteiger partial charge in [-0.3, -0.25) is 0 Å². The van der Waals surface area contributed by atoms with E-state index in [0.29, 0.717) is 0 Å². The van der Waals surface area contributed by atoms with Crippen LogP contribution in [0.15, 0.2) is 0 Å². The fraction of sp³-hybridized carbons (Fsp3) is 1.00. The number of thioether (sulfide) groups is 2. The van der Waals surface area contributed by atoms with Gasteiger partial charge in [0.2, 0.25) is 0 Å². The second-order valence-corrected chi connectivity index (χ2v) is 7.92. The third-order valence-electron chi connectivity index (χ3n) is 3.65. The predicted octanol–water partition coefficient (Wildman–Crippen LogP) is 6.15. The van der Waals surface area contributed by atoms with E-state index in [4.69, 9.17) is 0 Å². The summed E-state index contributed by atoms with van der Waals surface area (Å²) < 4.78 is 0. The van der Waals surface area contributed by atoms with E-state index < -0.39 is 0 Å². The minimum Gasteiger partial charge on any atom is -0.162 e. The first-order valence-corrected chi connectivity index (χ1v) is 10.5. The van der Waals surface area contributed by atoms with Crippen LogP contribution in [0.3, 0.4) is 0 Å². The lowest BCUT2D eigenvalue weighted by Gasteiger charge is -2.05. The first kappa shape index (κ1) is 16.8. The molecule has 1 fully saturated rings. The Morgan fingerprint density at radius 2 is 0.500 bits per heavy atom. The van der Waals surface area contributed by atoms with Gasteiger partial charge in [-0.05, 0) is 48.7 Å². The molecule has 0 aromatic carbocycles. The molecule has 0 atom stereocenters. The monoisotopic (exact) mass is 288 g/mol. The molecule has 1 saturated heterocycles. The maximum atomic E-state index is 2.19. The van der Waals surface area contributed by atoms with Crippen molar-refractivity contribution in [1.29, 1.82) is 0 Å². The van der Waals surface area contributed by atoms with Crippen LogP contribution in [0.2, 0.25) is 0 Å². The number of hydrogen-bond acceptors (Lipinski definition) is 2. The van der Waals surface area contributed by atoms with Crippen LogP contribution in [0.4, 0.5) is 0 Å². The summed E-state index contributed by atoms with van der Waals surface area (Å²) >= 11 is 4.39. The Labute approximate surface area is 123 Å². The topological polar surface area (TPSA) is 0 Å². The van der Waals surface area contributed by atoms with Gasteiger partial charge in [0.15, 0.2) is 0 Å². The molecule has 0 spiro atoms. The van der Waals surface area contributed by atoms with Crippen LogP contribution in [-0.2, 0) is 0 Å². The molecule has 1 aliphatic rings. The van der Waals surface area contributed by atoms with Crippen LogP contribution in [-0.4, -0.2) is 23.0 Å². The number of rotatable bonds is 0. The van der Waals surface area contributed by atoms with E-state index in [1.165, 1.54) is 100 Å². The van der Waals surface area contributed by atoms with Gasteiger partial charge in [-0.2, -0.15) is 23.5 Å². The average molecular weight is 289 g/mol. The SMILES string of the molecule is C1CCCCSCCCCCCCCSCCC1. The molecule has 0 saturated carbocycles. The van der Waals surface area contributed by atoms with Crippen molar-refractivity contribution in [1.82, 2.24) is 0 Å². The fourth-order valence-electron chi connectivity index (χ4n) is 2.43. The summed E-state index contributed by atoms with van der Waals surface area (Å²) in [7, 11) is 0. The Morgan fingerprint density at radius 1 is 0.278 bits per heavy atom. The Morgan fingerprint density at radius 3 is 0.778 bits per heavy atom. The molecule has 1 rings (SSSR count). The zero-order chi connectivity index (χ0) is 12.7. The minimum absolute atomic E-state index is 1.41. The second kappa shape index (κ2) is 14.1. The normalized spacial score (nSPS) is 24.0. The molecule has 0 aliphatic carbocycles. The van der Waals surface area contributed by atoms with Crippen molar-refractivity contribution in [2.45, 2.75) is 77.0 Å². The standard InChI is InChI=1S/C16H32S2/c1-2-6-10-14-18-16-12-8-4-3-7-11-15-17-13-9-5-1/h1-16H2. The van der Waals surface area contributed by atoms with Crippen molar-refractivity contribution in [3.05, 3.63) is 0 Å². The highest BCUT2D eigenvalue weighted by Crippen LogP contribution is 2.16. The van der Waals surface area contributed by atoms with Crippen molar-refractivity contribution in [3.8, 4) is 0 Å². The smallest absolute Gasteiger partial charge is 0.00675 e. The summed E-state index contributed by atoms with van der Waals surface area (Å²) in [6, 6.07) is 0. The van der Waals surface area contributed by atoms with Crippen LogP contribution in [0.5, 0.6) is 0 Å². The molecular formula is C16H32S2. The molecule has 0 nitrogen and oxygen atoms in total. The van der Waals surface area contributed by atoms with Crippen molar-refractivity contribution >= 4 is 23.5 Å². The fourth-order valence-corrected chi connectivity index (χ4v) is 4.48. The Hall–Kier alpha value is 0.700. The van der Waals surface area contributed by atoms with Gasteiger partial charge in [0.25, 0.3) is 0 Å². The molecule has 0 aromatic rings. The third kappa shape index (κ3) is 11.8. The van der Waals surface area contributed by atoms with Crippen LogP contribution < -0.4 is 0 Å². The van der Waals surface area contributed by atoms with Crippen LogP contribution in [0, 0.1) is 0 Å². The molecular weight excluding hydrogens is 256 g/mol. The van der Waals surface area contributed by atoms with Gasteiger partial charge in [-0.25, -0.2) is 0 Å². The molecule has 1 heterocycles. The predicted molar refractivity (Wildman–Crippen MR) is 90.1 cm³/mol. The molecule has 0 amide bonds. The van der Waals surface area contributed by atoms with Gasteiger partial charge in [0.1, 0.15) is 0 Å². The van der Waals surface area contributed by atoms with Crippen LogP contribution >= 0.6 is 23.5 Å². The lowest BCUT2D eigenvalue weighted by Crippen LogP contribution is -1.89. The zero-order valence-electron chi connectivity index (χ0n) is 12.1. The maximum absolute atomic E-state index is 2.19. The molecule has 1 aliphatic heterocycles. The molecule has 108 valence electrons. The van der Waals surface area contributed by atoms with Crippen molar-refractivity contribution in [2.24, 2.45) is 0 Å².